The third-order valence-electron chi connectivity index (χ3n) is 6.75. The highest BCUT2D eigenvalue weighted by molar-refractivity contribution is 5.73. The summed E-state index contributed by atoms with van der Waals surface area (Å²) in [5, 5.41) is 20.2. The first-order chi connectivity index (χ1) is 18.4. The molecule has 0 saturated carbocycles. The second-order valence-corrected chi connectivity index (χ2v) is 9.43. The van der Waals surface area contributed by atoms with E-state index in [4.69, 9.17) is 14.6 Å². The lowest BCUT2D eigenvalue weighted by atomic mass is 9.84. The van der Waals surface area contributed by atoms with Crippen LogP contribution < -0.4 is 0 Å². The van der Waals surface area contributed by atoms with Crippen molar-refractivity contribution in [2.75, 3.05) is 26.7 Å². The Labute approximate surface area is 220 Å². The second kappa shape index (κ2) is 11.0. The van der Waals surface area contributed by atoms with Crippen molar-refractivity contribution in [1.29, 1.82) is 0 Å². The number of piperidine rings is 1. The summed E-state index contributed by atoms with van der Waals surface area (Å²) in [6.07, 6.45) is 0.156. The van der Waals surface area contributed by atoms with Crippen LogP contribution >= 0.6 is 0 Å². The van der Waals surface area contributed by atoms with Crippen molar-refractivity contribution in [3.05, 3.63) is 53.9 Å². The molecule has 2 aliphatic heterocycles. The Morgan fingerprint density at radius 2 is 1.77 bits per heavy atom. The summed E-state index contributed by atoms with van der Waals surface area (Å²) >= 11 is 0. The van der Waals surface area contributed by atoms with Gasteiger partial charge in [0.2, 0.25) is 0 Å². The van der Waals surface area contributed by atoms with Crippen molar-refractivity contribution in [2.45, 2.75) is 37.6 Å². The number of likely N-dealkylation sites (tertiary alicyclic amines) is 1. The highest BCUT2D eigenvalue weighted by Gasteiger charge is 2.46. The number of carboxylic acid groups (broad SMARTS) is 1. The van der Waals surface area contributed by atoms with Crippen LogP contribution in [0.5, 0.6) is 0 Å². The predicted molar refractivity (Wildman–Crippen MR) is 128 cm³/mol. The van der Waals surface area contributed by atoms with Gasteiger partial charge in [-0.1, -0.05) is 0 Å². The van der Waals surface area contributed by atoms with Crippen molar-refractivity contribution in [3.63, 3.8) is 0 Å². The van der Waals surface area contributed by atoms with Crippen LogP contribution in [0.3, 0.4) is 0 Å². The summed E-state index contributed by atoms with van der Waals surface area (Å²) < 4.78 is 54.3. The highest BCUT2D eigenvalue weighted by Crippen LogP contribution is 2.39. The van der Waals surface area contributed by atoms with Gasteiger partial charge in [-0.25, -0.2) is 14.0 Å². The van der Waals surface area contributed by atoms with Gasteiger partial charge in [-0.3, -0.25) is 14.5 Å². The van der Waals surface area contributed by atoms with E-state index in [1.165, 1.54) is 24.8 Å². The number of rotatable bonds is 3. The van der Waals surface area contributed by atoms with E-state index in [9.17, 15) is 22.4 Å². The van der Waals surface area contributed by atoms with Gasteiger partial charge >= 0.3 is 18.2 Å². The second-order valence-electron chi connectivity index (χ2n) is 9.43. The minimum absolute atomic E-state index is 0.289. The van der Waals surface area contributed by atoms with E-state index in [1.54, 1.807) is 17.0 Å². The molecule has 3 aromatic rings. The zero-order valence-electron chi connectivity index (χ0n) is 21.2. The van der Waals surface area contributed by atoms with Crippen molar-refractivity contribution < 1.29 is 37.0 Å². The molecule has 1 amide bonds. The van der Waals surface area contributed by atoms with Gasteiger partial charge in [0.15, 0.2) is 11.6 Å². The zero-order valence-corrected chi connectivity index (χ0v) is 21.2. The van der Waals surface area contributed by atoms with Crippen LogP contribution in [0.25, 0.3) is 11.4 Å². The molecule has 210 valence electrons. The van der Waals surface area contributed by atoms with Gasteiger partial charge in [-0.15, -0.1) is 10.2 Å². The first-order valence-corrected chi connectivity index (χ1v) is 12.0. The summed E-state index contributed by atoms with van der Waals surface area (Å²) in [7, 11) is 3.32. The van der Waals surface area contributed by atoms with E-state index >= 15 is 0 Å². The normalized spacial score (nSPS) is 16.8. The van der Waals surface area contributed by atoms with E-state index in [0.717, 1.165) is 43.9 Å². The molecule has 1 N–H and O–H groups in total. The third-order valence-corrected chi connectivity index (χ3v) is 6.75. The van der Waals surface area contributed by atoms with Crippen LogP contribution in [-0.4, -0.2) is 84.4 Å². The molecule has 1 saturated heterocycles. The average molecular weight is 554 g/mol. The number of alkyl halides is 3. The summed E-state index contributed by atoms with van der Waals surface area (Å²) in [5.41, 5.74) is 1.65. The van der Waals surface area contributed by atoms with Gasteiger partial charge in [0.25, 0.3) is 0 Å². The summed E-state index contributed by atoms with van der Waals surface area (Å²) in [6, 6.07) is 6.32. The molecule has 0 bridgehead atoms. The Morgan fingerprint density at radius 1 is 1.13 bits per heavy atom. The molecule has 0 radical (unpaired) electrons. The maximum Gasteiger partial charge on any atom is 0.490 e. The molecule has 1 fully saturated rings. The number of ether oxygens (including phenoxy) is 1. The SMILES string of the molecule is COC(=O)N1Cc2nnc(-c3ccc(F)cc3)n2C2(CCN(Cc3cnn(C)c3)CC2)C1.O=C(O)C(F)(F)F. The Morgan fingerprint density at radius 3 is 2.31 bits per heavy atom. The number of aryl methyl sites for hydroxylation is 1. The van der Waals surface area contributed by atoms with E-state index in [1.807, 2.05) is 24.1 Å². The highest BCUT2D eigenvalue weighted by atomic mass is 19.4. The molecule has 0 unspecified atom stereocenters. The van der Waals surface area contributed by atoms with Gasteiger partial charge < -0.3 is 14.4 Å². The van der Waals surface area contributed by atoms with Crippen LogP contribution in [0.4, 0.5) is 22.4 Å². The van der Waals surface area contributed by atoms with Gasteiger partial charge in [0, 0.05) is 50.6 Å². The predicted octanol–water partition coefficient (Wildman–Crippen LogP) is 3.02. The van der Waals surface area contributed by atoms with E-state index in [2.05, 4.69) is 24.8 Å². The van der Waals surface area contributed by atoms with Crippen LogP contribution in [0.2, 0.25) is 0 Å². The van der Waals surface area contributed by atoms with Crippen molar-refractivity contribution in [3.8, 4) is 11.4 Å². The standard InChI is InChI=1S/C22H26FN7O2.C2HF3O2/c1-27-12-16(11-24-27)13-28-9-7-22(8-10-28)15-29(21(31)32-2)14-19-25-26-20(30(19)22)17-3-5-18(23)6-4-17;3-2(4,5)1(6)7/h3-6,11-12H,7-10,13-15H2,1-2H3;(H,6,7). The number of aliphatic carboxylic acids is 1. The number of methoxy groups -OCH3 is 1. The Kier molecular flexibility index (Phi) is 7.90. The lowest BCUT2D eigenvalue weighted by Crippen LogP contribution is -2.57. The maximum atomic E-state index is 13.5. The summed E-state index contributed by atoms with van der Waals surface area (Å²) in [4.78, 5) is 25.4. The topological polar surface area (TPSA) is 119 Å². The quantitative estimate of drug-likeness (QED) is 0.492. The monoisotopic (exact) mass is 553 g/mol. The third kappa shape index (κ3) is 6.19. The number of carboxylic acids is 1. The molecule has 39 heavy (non-hydrogen) atoms. The molecule has 2 aromatic heterocycles. The maximum absolute atomic E-state index is 13.5. The summed E-state index contributed by atoms with van der Waals surface area (Å²) in [6.45, 7) is 3.43. The fraction of sp³-hybridized carbons (Fsp3) is 0.458. The van der Waals surface area contributed by atoms with Crippen molar-refractivity contribution >= 4 is 12.1 Å². The smallest absolute Gasteiger partial charge is 0.475 e. The number of halogens is 4. The summed E-state index contributed by atoms with van der Waals surface area (Å²) in [5.74, 6) is -1.61. The number of carbonyl (C=O) groups excluding carboxylic acids is 1. The van der Waals surface area contributed by atoms with Gasteiger partial charge in [0.1, 0.15) is 5.82 Å². The molecule has 0 aliphatic carbocycles. The fourth-order valence-corrected chi connectivity index (χ4v) is 4.93. The van der Waals surface area contributed by atoms with Crippen molar-refractivity contribution in [2.24, 2.45) is 7.05 Å². The van der Waals surface area contributed by atoms with Crippen LogP contribution in [0.15, 0.2) is 36.7 Å². The molecule has 0 atom stereocenters. The largest absolute Gasteiger partial charge is 0.490 e. The molecule has 15 heteroatoms. The number of aromatic nitrogens is 5. The Bertz CT molecular complexity index is 1310. The molecular formula is C24H27F4N7O4. The number of nitrogens with zero attached hydrogens (tertiary/aromatic N) is 7. The van der Waals surface area contributed by atoms with E-state index in [-0.39, 0.29) is 17.4 Å². The molecule has 5 rings (SSSR count). The zero-order chi connectivity index (χ0) is 28.4. The van der Waals surface area contributed by atoms with Gasteiger partial charge in [-0.05, 0) is 37.1 Å². The molecular weight excluding hydrogens is 526 g/mol. The van der Waals surface area contributed by atoms with Crippen LogP contribution in [0.1, 0.15) is 24.2 Å². The number of benzene rings is 1. The molecule has 2 aliphatic rings. The molecule has 11 nitrogen and oxygen atoms in total. The van der Waals surface area contributed by atoms with E-state index < -0.39 is 12.1 Å². The van der Waals surface area contributed by atoms with Gasteiger partial charge in [-0.2, -0.15) is 18.3 Å². The Hall–Kier alpha value is -4.01. The number of amides is 1. The van der Waals surface area contributed by atoms with Crippen molar-refractivity contribution in [1.82, 2.24) is 34.3 Å². The minimum atomic E-state index is -5.08. The first kappa shape index (κ1) is 28.0. The lowest BCUT2D eigenvalue weighted by molar-refractivity contribution is -0.192. The number of fused-ring (bicyclic) bond motifs is 2. The minimum Gasteiger partial charge on any atom is -0.475 e. The number of hydrogen-bond acceptors (Lipinski definition) is 7. The molecule has 4 heterocycles. The fourth-order valence-electron chi connectivity index (χ4n) is 4.93. The van der Waals surface area contributed by atoms with E-state index in [0.29, 0.717) is 18.9 Å². The molecule has 1 spiro atoms. The number of carbonyl (C=O) groups is 2. The van der Waals surface area contributed by atoms with Gasteiger partial charge in [0.05, 0.1) is 25.4 Å². The molecule has 1 aromatic carbocycles. The van der Waals surface area contributed by atoms with Crippen LogP contribution in [0, 0.1) is 5.82 Å². The van der Waals surface area contributed by atoms with Crippen LogP contribution in [-0.2, 0) is 35.2 Å². The Balaban J connectivity index is 0.000000448. The first-order valence-electron chi connectivity index (χ1n) is 12.0. The number of hydrogen-bond donors (Lipinski definition) is 1. The average Bonchev–Trinajstić information content (AvgIpc) is 3.51. The lowest BCUT2D eigenvalue weighted by Gasteiger charge is -2.48.